The quantitative estimate of drug-likeness (QED) is 0.302. The number of carbonyl (C=O) groups excluding carboxylic acids is 1. The maximum Gasteiger partial charge on any atom is 0.306 e. The summed E-state index contributed by atoms with van der Waals surface area (Å²) in [5.41, 5.74) is 0. The molecule has 1 fully saturated rings. The van der Waals surface area contributed by atoms with E-state index in [9.17, 15) is 4.79 Å². The van der Waals surface area contributed by atoms with Gasteiger partial charge in [0.15, 0.2) is 0 Å². The summed E-state index contributed by atoms with van der Waals surface area (Å²) < 4.78 is 10.4. The van der Waals surface area contributed by atoms with Crippen LogP contribution >= 0.6 is 0 Å². The molecular formula is C16H30O3. The summed E-state index contributed by atoms with van der Waals surface area (Å²) in [7, 11) is 0. The van der Waals surface area contributed by atoms with Gasteiger partial charge < -0.3 is 9.47 Å². The summed E-state index contributed by atoms with van der Waals surface area (Å²) in [5.74, 6) is -0.0639. The Morgan fingerprint density at radius 3 is 2.16 bits per heavy atom. The molecule has 1 saturated heterocycles. The molecule has 1 aliphatic rings. The van der Waals surface area contributed by atoms with Crippen LogP contribution in [0.2, 0.25) is 0 Å². The zero-order valence-corrected chi connectivity index (χ0v) is 12.7. The van der Waals surface area contributed by atoms with Gasteiger partial charge in [0.2, 0.25) is 0 Å². The number of carbonyl (C=O) groups is 1. The minimum atomic E-state index is -0.0639. The van der Waals surface area contributed by atoms with Crippen molar-refractivity contribution in [1.29, 1.82) is 0 Å². The predicted octanol–water partition coefficient (Wildman–Crippen LogP) is 4.24. The van der Waals surface area contributed by atoms with E-state index in [2.05, 4.69) is 6.92 Å². The number of hydrogen-bond donors (Lipinski definition) is 0. The van der Waals surface area contributed by atoms with Gasteiger partial charge in [0.1, 0.15) is 12.2 Å². The van der Waals surface area contributed by atoms with E-state index in [1.807, 2.05) is 6.92 Å². The summed E-state index contributed by atoms with van der Waals surface area (Å²) in [6.45, 7) is 4.90. The Hall–Kier alpha value is -0.570. The van der Waals surface area contributed by atoms with Crippen LogP contribution in [0.15, 0.2) is 0 Å². The lowest BCUT2D eigenvalue weighted by atomic mass is 10.1. The monoisotopic (exact) mass is 270 g/mol. The summed E-state index contributed by atoms with van der Waals surface area (Å²) in [4.78, 5) is 11.5. The van der Waals surface area contributed by atoms with Crippen molar-refractivity contribution in [3.8, 4) is 0 Å². The third kappa shape index (κ3) is 9.04. The van der Waals surface area contributed by atoms with Gasteiger partial charge in [-0.15, -0.1) is 0 Å². The average molecular weight is 270 g/mol. The summed E-state index contributed by atoms with van der Waals surface area (Å²) in [5, 5.41) is 0. The van der Waals surface area contributed by atoms with E-state index in [1.165, 1.54) is 44.9 Å². The zero-order chi connectivity index (χ0) is 13.9. The van der Waals surface area contributed by atoms with Crippen molar-refractivity contribution < 1.29 is 14.3 Å². The summed E-state index contributed by atoms with van der Waals surface area (Å²) in [6.07, 6.45) is 12.1. The minimum absolute atomic E-state index is 0.0638. The molecule has 0 radical (unpaired) electrons. The lowest BCUT2D eigenvalue weighted by Gasteiger charge is -2.10. The van der Waals surface area contributed by atoms with Crippen molar-refractivity contribution in [2.45, 2.75) is 90.3 Å². The third-order valence-corrected chi connectivity index (χ3v) is 3.68. The highest BCUT2D eigenvalue weighted by atomic mass is 16.6. The first-order valence-corrected chi connectivity index (χ1v) is 8.05. The number of hydrogen-bond acceptors (Lipinski definition) is 3. The van der Waals surface area contributed by atoms with Crippen LogP contribution in [0.25, 0.3) is 0 Å². The molecule has 3 nitrogen and oxygen atoms in total. The number of unbranched alkanes of at least 4 members (excludes halogenated alkanes) is 8. The molecule has 0 N–H and O–H groups in total. The molecule has 0 aromatic carbocycles. The molecule has 3 heteroatoms. The van der Waals surface area contributed by atoms with Gasteiger partial charge in [-0.25, -0.2) is 0 Å². The van der Waals surface area contributed by atoms with Crippen molar-refractivity contribution in [3.05, 3.63) is 0 Å². The van der Waals surface area contributed by atoms with E-state index in [4.69, 9.17) is 9.47 Å². The predicted molar refractivity (Wildman–Crippen MR) is 77.1 cm³/mol. The molecule has 0 aliphatic carbocycles. The molecule has 112 valence electrons. The van der Waals surface area contributed by atoms with E-state index in [0.29, 0.717) is 6.42 Å². The van der Waals surface area contributed by atoms with E-state index in [0.717, 1.165) is 19.4 Å². The van der Waals surface area contributed by atoms with Crippen LogP contribution in [0.5, 0.6) is 0 Å². The van der Waals surface area contributed by atoms with E-state index >= 15 is 0 Å². The lowest BCUT2D eigenvalue weighted by molar-refractivity contribution is -0.149. The first-order chi connectivity index (χ1) is 9.24. The van der Waals surface area contributed by atoms with E-state index in [-0.39, 0.29) is 18.2 Å². The van der Waals surface area contributed by atoms with Crippen LogP contribution in [-0.2, 0) is 14.3 Å². The van der Waals surface area contributed by atoms with Gasteiger partial charge >= 0.3 is 5.97 Å². The molecule has 0 bridgehead atoms. The molecule has 1 heterocycles. The van der Waals surface area contributed by atoms with Gasteiger partial charge in [-0.2, -0.15) is 0 Å². The summed E-state index contributed by atoms with van der Waals surface area (Å²) >= 11 is 0. The second-order valence-electron chi connectivity index (χ2n) is 5.65. The van der Waals surface area contributed by atoms with Gasteiger partial charge in [-0.1, -0.05) is 58.3 Å². The van der Waals surface area contributed by atoms with Crippen LogP contribution in [0.4, 0.5) is 0 Å². The van der Waals surface area contributed by atoms with E-state index < -0.39 is 0 Å². The Morgan fingerprint density at radius 2 is 1.63 bits per heavy atom. The Kier molecular flexibility index (Phi) is 8.89. The molecule has 0 saturated carbocycles. The van der Waals surface area contributed by atoms with Crippen molar-refractivity contribution in [3.63, 3.8) is 0 Å². The molecule has 1 rings (SSSR count). The fourth-order valence-corrected chi connectivity index (χ4v) is 2.25. The van der Waals surface area contributed by atoms with Crippen molar-refractivity contribution in [2.75, 3.05) is 6.61 Å². The Morgan fingerprint density at radius 1 is 1.11 bits per heavy atom. The molecule has 0 amide bonds. The normalized spacial score (nSPS) is 19.2. The maximum absolute atomic E-state index is 11.5. The highest BCUT2D eigenvalue weighted by Crippen LogP contribution is 2.17. The van der Waals surface area contributed by atoms with Gasteiger partial charge in [-0.05, 0) is 13.3 Å². The smallest absolute Gasteiger partial charge is 0.306 e. The number of rotatable bonds is 12. The summed E-state index contributed by atoms with van der Waals surface area (Å²) in [6, 6.07) is 0. The second-order valence-corrected chi connectivity index (χ2v) is 5.65. The molecule has 2 atom stereocenters. The highest BCUT2D eigenvalue weighted by Gasteiger charge is 2.31. The first-order valence-electron chi connectivity index (χ1n) is 8.05. The van der Waals surface area contributed by atoms with E-state index in [1.54, 1.807) is 0 Å². The van der Waals surface area contributed by atoms with Crippen molar-refractivity contribution in [2.24, 2.45) is 0 Å². The highest BCUT2D eigenvalue weighted by molar-refractivity contribution is 5.69. The van der Waals surface area contributed by atoms with Gasteiger partial charge in [0.05, 0.1) is 6.61 Å². The first kappa shape index (κ1) is 16.5. The maximum atomic E-state index is 11.5. The molecule has 19 heavy (non-hydrogen) atoms. The van der Waals surface area contributed by atoms with Crippen LogP contribution in [0.1, 0.15) is 78.1 Å². The topological polar surface area (TPSA) is 38.8 Å². The van der Waals surface area contributed by atoms with Crippen LogP contribution in [0.3, 0.4) is 0 Å². The largest absolute Gasteiger partial charge is 0.460 e. The molecule has 2 unspecified atom stereocenters. The molecule has 0 spiro atoms. The van der Waals surface area contributed by atoms with Crippen LogP contribution < -0.4 is 0 Å². The fourth-order valence-electron chi connectivity index (χ4n) is 2.25. The van der Waals surface area contributed by atoms with Crippen molar-refractivity contribution >= 4 is 5.97 Å². The average Bonchev–Trinajstić information content (AvgIpc) is 3.21. The minimum Gasteiger partial charge on any atom is -0.460 e. The standard InChI is InChI=1S/C16H30O3/c1-3-4-5-6-7-8-9-10-11-12-16(17)19-14(2)15-13-18-15/h14-15H,3-13H2,1-2H3. The molecule has 0 aromatic rings. The van der Waals surface area contributed by atoms with Crippen LogP contribution in [0, 0.1) is 0 Å². The number of esters is 1. The second kappa shape index (κ2) is 10.2. The van der Waals surface area contributed by atoms with Crippen molar-refractivity contribution in [1.82, 2.24) is 0 Å². The Bertz CT molecular complexity index is 236. The Labute approximate surface area is 118 Å². The zero-order valence-electron chi connectivity index (χ0n) is 12.7. The molecule has 1 aliphatic heterocycles. The Balaban J connectivity index is 1.80. The molecule has 0 aromatic heterocycles. The van der Waals surface area contributed by atoms with Gasteiger partial charge in [0, 0.05) is 6.42 Å². The lowest BCUT2D eigenvalue weighted by Crippen LogP contribution is -2.19. The SMILES string of the molecule is CCCCCCCCCCCC(=O)OC(C)C1CO1. The number of epoxide rings is 1. The third-order valence-electron chi connectivity index (χ3n) is 3.68. The van der Waals surface area contributed by atoms with Gasteiger partial charge in [0.25, 0.3) is 0 Å². The fraction of sp³-hybridized carbons (Fsp3) is 0.938. The number of ether oxygens (including phenoxy) is 2. The molecular weight excluding hydrogens is 240 g/mol. The van der Waals surface area contributed by atoms with Gasteiger partial charge in [-0.3, -0.25) is 4.79 Å². The van der Waals surface area contributed by atoms with Crippen LogP contribution in [-0.4, -0.2) is 24.8 Å².